The van der Waals surface area contributed by atoms with Gasteiger partial charge in [-0.15, -0.1) is 0 Å². The summed E-state index contributed by atoms with van der Waals surface area (Å²) in [6.45, 7) is 10.3. The zero-order valence-corrected chi connectivity index (χ0v) is 11.8. The van der Waals surface area contributed by atoms with Gasteiger partial charge in [-0.25, -0.2) is 4.79 Å². The van der Waals surface area contributed by atoms with E-state index >= 15 is 0 Å². The highest BCUT2D eigenvalue weighted by Crippen LogP contribution is 2.54. The monoisotopic (exact) mass is 262 g/mol. The van der Waals surface area contributed by atoms with Crippen LogP contribution in [0.2, 0.25) is 0 Å². The lowest BCUT2D eigenvalue weighted by Gasteiger charge is -2.36. The second-order valence-corrected chi connectivity index (χ2v) is 6.39. The highest BCUT2D eigenvalue weighted by molar-refractivity contribution is 5.90. The molecule has 0 aromatic heterocycles. The SMILES string of the molecule is C=C1C(=O)OC2C1CCC(=C)C1CCC(C)(OC)C12. The molecular formula is C16H22O3. The number of methoxy groups -OCH3 is 1. The summed E-state index contributed by atoms with van der Waals surface area (Å²) in [7, 11) is 1.76. The standard InChI is InChI=1S/C16H22O3/c1-9-5-6-12-10(2)15(17)19-14(12)13-11(9)7-8-16(13,3)18-4/h11-14H,1-2,5-8H2,3-4H3. The summed E-state index contributed by atoms with van der Waals surface area (Å²) < 4.78 is 11.4. The molecule has 3 rings (SSSR count). The fourth-order valence-electron chi connectivity index (χ4n) is 4.31. The number of ether oxygens (including phenoxy) is 2. The van der Waals surface area contributed by atoms with Crippen molar-refractivity contribution in [2.75, 3.05) is 7.11 Å². The molecule has 0 amide bonds. The molecule has 3 fully saturated rings. The first-order chi connectivity index (χ1) is 8.98. The minimum atomic E-state index is -0.217. The van der Waals surface area contributed by atoms with E-state index in [1.165, 1.54) is 5.57 Å². The lowest BCUT2D eigenvalue weighted by atomic mass is 9.77. The van der Waals surface area contributed by atoms with Crippen LogP contribution in [0, 0.1) is 17.8 Å². The molecule has 104 valence electrons. The van der Waals surface area contributed by atoms with Crippen LogP contribution in [0.4, 0.5) is 0 Å². The van der Waals surface area contributed by atoms with E-state index in [9.17, 15) is 4.79 Å². The third kappa shape index (κ3) is 1.71. The molecule has 2 aliphatic carbocycles. The summed E-state index contributed by atoms with van der Waals surface area (Å²) in [6.07, 6.45) is 3.92. The lowest BCUT2D eigenvalue weighted by molar-refractivity contribution is -0.148. The maximum Gasteiger partial charge on any atom is 0.334 e. The minimum absolute atomic E-state index is 0.0725. The van der Waals surface area contributed by atoms with Gasteiger partial charge in [0.2, 0.25) is 0 Å². The van der Waals surface area contributed by atoms with Crippen LogP contribution in [0.5, 0.6) is 0 Å². The van der Waals surface area contributed by atoms with Crippen LogP contribution >= 0.6 is 0 Å². The van der Waals surface area contributed by atoms with Gasteiger partial charge in [-0.2, -0.15) is 0 Å². The van der Waals surface area contributed by atoms with Crippen LogP contribution in [-0.4, -0.2) is 24.8 Å². The molecule has 5 atom stereocenters. The third-order valence-corrected chi connectivity index (χ3v) is 5.56. The highest BCUT2D eigenvalue weighted by atomic mass is 16.6. The number of rotatable bonds is 1. The minimum Gasteiger partial charge on any atom is -0.458 e. The van der Waals surface area contributed by atoms with Crippen molar-refractivity contribution in [3.05, 3.63) is 24.3 Å². The molecular weight excluding hydrogens is 240 g/mol. The van der Waals surface area contributed by atoms with Gasteiger partial charge in [-0.3, -0.25) is 0 Å². The van der Waals surface area contributed by atoms with Crippen molar-refractivity contribution in [1.82, 2.24) is 0 Å². The Morgan fingerprint density at radius 1 is 1.32 bits per heavy atom. The van der Waals surface area contributed by atoms with Gasteiger partial charge in [-0.05, 0) is 38.5 Å². The second kappa shape index (κ2) is 4.20. The number of hydrogen-bond donors (Lipinski definition) is 0. The molecule has 0 aromatic rings. The van der Waals surface area contributed by atoms with Gasteiger partial charge in [0.15, 0.2) is 0 Å². The van der Waals surface area contributed by atoms with E-state index in [2.05, 4.69) is 20.1 Å². The molecule has 0 spiro atoms. The van der Waals surface area contributed by atoms with Crippen LogP contribution in [0.3, 0.4) is 0 Å². The molecule has 2 saturated carbocycles. The van der Waals surface area contributed by atoms with Gasteiger partial charge in [0, 0.05) is 24.5 Å². The maximum atomic E-state index is 11.8. The fourth-order valence-corrected chi connectivity index (χ4v) is 4.31. The smallest absolute Gasteiger partial charge is 0.334 e. The molecule has 5 unspecified atom stereocenters. The maximum absolute atomic E-state index is 11.8. The van der Waals surface area contributed by atoms with E-state index in [-0.39, 0.29) is 29.5 Å². The molecule has 3 nitrogen and oxygen atoms in total. The molecule has 1 saturated heterocycles. The number of fused-ring (bicyclic) bond motifs is 3. The van der Waals surface area contributed by atoms with Crippen LogP contribution in [0.1, 0.15) is 32.6 Å². The summed E-state index contributed by atoms with van der Waals surface area (Å²) in [6, 6.07) is 0. The number of carbonyl (C=O) groups excluding carboxylic acids is 1. The van der Waals surface area contributed by atoms with Crippen molar-refractivity contribution in [2.45, 2.75) is 44.3 Å². The number of esters is 1. The van der Waals surface area contributed by atoms with Crippen LogP contribution < -0.4 is 0 Å². The molecule has 1 aliphatic heterocycles. The first-order valence-corrected chi connectivity index (χ1v) is 7.10. The first kappa shape index (κ1) is 12.9. The van der Waals surface area contributed by atoms with Gasteiger partial charge in [0.05, 0.1) is 5.60 Å². The second-order valence-electron chi connectivity index (χ2n) is 6.39. The van der Waals surface area contributed by atoms with Crippen LogP contribution in [0.15, 0.2) is 24.3 Å². The Morgan fingerprint density at radius 3 is 2.74 bits per heavy atom. The van der Waals surface area contributed by atoms with Gasteiger partial charge in [0.1, 0.15) is 6.10 Å². The van der Waals surface area contributed by atoms with Crippen LogP contribution in [0.25, 0.3) is 0 Å². The Morgan fingerprint density at radius 2 is 2.05 bits per heavy atom. The van der Waals surface area contributed by atoms with Crippen molar-refractivity contribution >= 4 is 5.97 Å². The number of hydrogen-bond acceptors (Lipinski definition) is 3. The summed E-state index contributed by atoms with van der Waals surface area (Å²) in [5.74, 6) is 0.567. The van der Waals surface area contributed by atoms with Gasteiger partial charge >= 0.3 is 5.97 Å². The molecule has 3 heteroatoms. The summed E-state index contributed by atoms with van der Waals surface area (Å²) >= 11 is 0. The first-order valence-electron chi connectivity index (χ1n) is 7.10. The predicted molar refractivity (Wildman–Crippen MR) is 72.5 cm³/mol. The summed E-state index contributed by atoms with van der Waals surface area (Å²) in [5.41, 5.74) is 1.72. The molecule has 1 heterocycles. The predicted octanol–water partition coefficient (Wildman–Crippen LogP) is 2.87. The topological polar surface area (TPSA) is 35.5 Å². The van der Waals surface area contributed by atoms with Crippen molar-refractivity contribution in [3.63, 3.8) is 0 Å². The summed E-state index contributed by atoms with van der Waals surface area (Å²) in [5, 5.41) is 0. The van der Waals surface area contributed by atoms with Crippen molar-refractivity contribution in [1.29, 1.82) is 0 Å². The molecule has 0 N–H and O–H groups in total. The van der Waals surface area contributed by atoms with E-state index < -0.39 is 0 Å². The Kier molecular flexibility index (Phi) is 2.86. The fraction of sp³-hybridized carbons (Fsp3) is 0.688. The van der Waals surface area contributed by atoms with E-state index in [4.69, 9.17) is 9.47 Å². The van der Waals surface area contributed by atoms with E-state index in [0.29, 0.717) is 11.5 Å². The molecule has 19 heavy (non-hydrogen) atoms. The Hall–Kier alpha value is -1.09. The van der Waals surface area contributed by atoms with Crippen molar-refractivity contribution in [2.24, 2.45) is 17.8 Å². The zero-order chi connectivity index (χ0) is 13.8. The average Bonchev–Trinajstić information content (AvgIpc) is 2.82. The Bertz CT molecular complexity index is 453. The van der Waals surface area contributed by atoms with Crippen molar-refractivity contribution < 1.29 is 14.3 Å². The van der Waals surface area contributed by atoms with Gasteiger partial charge in [-0.1, -0.05) is 18.7 Å². The molecule has 0 aromatic carbocycles. The molecule has 3 aliphatic rings. The average molecular weight is 262 g/mol. The van der Waals surface area contributed by atoms with Gasteiger partial charge in [0.25, 0.3) is 0 Å². The normalized spacial score (nSPS) is 45.7. The number of allylic oxidation sites excluding steroid dienone is 1. The van der Waals surface area contributed by atoms with E-state index in [1.807, 2.05) is 0 Å². The largest absolute Gasteiger partial charge is 0.458 e. The van der Waals surface area contributed by atoms with E-state index in [1.54, 1.807) is 7.11 Å². The lowest BCUT2D eigenvalue weighted by Crippen LogP contribution is -2.43. The van der Waals surface area contributed by atoms with Gasteiger partial charge < -0.3 is 9.47 Å². The van der Waals surface area contributed by atoms with Crippen molar-refractivity contribution in [3.8, 4) is 0 Å². The van der Waals surface area contributed by atoms with Crippen LogP contribution in [-0.2, 0) is 14.3 Å². The Balaban J connectivity index is 2.02. The molecule has 0 bridgehead atoms. The van der Waals surface area contributed by atoms with E-state index in [0.717, 1.165) is 25.7 Å². The highest BCUT2D eigenvalue weighted by Gasteiger charge is 2.57. The third-order valence-electron chi connectivity index (χ3n) is 5.56. The Labute approximate surface area is 114 Å². The quantitative estimate of drug-likeness (QED) is 0.414. The zero-order valence-electron chi connectivity index (χ0n) is 11.8. The number of carbonyl (C=O) groups is 1. The summed E-state index contributed by atoms with van der Waals surface area (Å²) in [4.78, 5) is 11.8. The molecule has 0 radical (unpaired) electrons.